The van der Waals surface area contributed by atoms with Crippen molar-refractivity contribution in [3.05, 3.63) is 90.0 Å². The van der Waals surface area contributed by atoms with Crippen LogP contribution in [-0.2, 0) is 11.3 Å². The molecule has 1 amide bonds. The molecule has 1 aliphatic rings. The molecule has 1 heterocycles. The molecular formula is C26H28N2O3. The monoisotopic (exact) mass is 416 g/mol. The van der Waals surface area contributed by atoms with Gasteiger partial charge in [0.1, 0.15) is 5.75 Å². The predicted octanol–water partition coefficient (Wildman–Crippen LogP) is 5.34. The maximum absolute atomic E-state index is 12.8. The highest BCUT2D eigenvalue weighted by atomic mass is 16.5. The van der Waals surface area contributed by atoms with E-state index in [1.54, 1.807) is 0 Å². The van der Waals surface area contributed by atoms with Gasteiger partial charge < -0.3 is 14.8 Å². The van der Waals surface area contributed by atoms with E-state index >= 15 is 0 Å². The Kier molecular flexibility index (Phi) is 6.65. The van der Waals surface area contributed by atoms with Crippen molar-refractivity contribution in [2.75, 3.05) is 18.4 Å². The van der Waals surface area contributed by atoms with Gasteiger partial charge >= 0.3 is 0 Å². The van der Waals surface area contributed by atoms with E-state index in [2.05, 4.69) is 24.1 Å². The largest absolute Gasteiger partial charge is 0.455 e. The van der Waals surface area contributed by atoms with Crippen molar-refractivity contribution >= 4 is 11.6 Å². The van der Waals surface area contributed by atoms with Crippen LogP contribution in [0, 0.1) is 0 Å². The number of para-hydroxylation sites is 3. The molecule has 5 heteroatoms. The lowest BCUT2D eigenvalue weighted by atomic mass is 10.1. The van der Waals surface area contributed by atoms with Crippen LogP contribution in [0.25, 0.3) is 0 Å². The zero-order valence-electron chi connectivity index (χ0n) is 18.0. The lowest BCUT2D eigenvalue weighted by Crippen LogP contribution is -2.44. The van der Waals surface area contributed by atoms with Crippen molar-refractivity contribution < 1.29 is 14.3 Å². The van der Waals surface area contributed by atoms with E-state index in [1.807, 2.05) is 78.9 Å². The molecule has 1 saturated heterocycles. The topological polar surface area (TPSA) is 50.8 Å². The summed E-state index contributed by atoms with van der Waals surface area (Å²) in [5, 5.41) is 2.97. The Bertz CT molecular complexity index is 995. The number of hydrogen-bond acceptors (Lipinski definition) is 4. The second-order valence-corrected chi connectivity index (χ2v) is 8.01. The number of ether oxygens (including phenoxy) is 2. The van der Waals surface area contributed by atoms with Crippen LogP contribution in [0.15, 0.2) is 78.9 Å². The Labute approximate surface area is 183 Å². The van der Waals surface area contributed by atoms with Crippen LogP contribution in [0.1, 0.15) is 29.8 Å². The maximum atomic E-state index is 12.8. The summed E-state index contributed by atoms with van der Waals surface area (Å²) in [5.41, 5.74) is 2.43. The summed E-state index contributed by atoms with van der Waals surface area (Å²) >= 11 is 0. The Morgan fingerprint density at radius 3 is 2.29 bits per heavy atom. The predicted molar refractivity (Wildman–Crippen MR) is 123 cm³/mol. The van der Waals surface area contributed by atoms with Crippen LogP contribution in [0.2, 0.25) is 0 Å². The Balaban J connectivity index is 1.40. The third-order valence-electron chi connectivity index (χ3n) is 5.22. The van der Waals surface area contributed by atoms with Gasteiger partial charge in [-0.3, -0.25) is 9.69 Å². The molecule has 31 heavy (non-hydrogen) atoms. The van der Waals surface area contributed by atoms with Crippen molar-refractivity contribution in [3.63, 3.8) is 0 Å². The van der Waals surface area contributed by atoms with E-state index in [0.717, 1.165) is 25.4 Å². The normalized spacial score (nSPS) is 19.0. The van der Waals surface area contributed by atoms with E-state index in [9.17, 15) is 4.79 Å². The smallest absolute Gasteiger partial charge is 0.255 e. The zero-order valence-corrected chi connectivity index (χ0v) is 18.0. The van der Waals surface area contributed by atoms with Crippen LogP contribution in [0.5, 0.6) is 11.5 Å². The van der Waals surface area contributed by atoms with Crippen molar-refractivity contribution in [2.45, 2.75) is 32.6 Å². The summed E-state index contributed by atoms with van der Waals surface area (Å²) < 4.78 is 11.7. The molecule has 5 nitrogen and oxygen atoms in total. The van der Waals surface area contributed by atoms with Crippen molar-refractivity contribution in [1.82, 2.24) is 4.90 Å². The van der Waals surface area contributed by atoms with E-state index < -0.39 is 0 Å². The van der Waals surface area contributed by atoms with Crippen molar-refractivity contribution in [1.29, 1.82) is 0 Å². The number of anilines is 1. The molecular weight excluding hydrogens is 388 g/mol. The van der Waals surface area contributed by atoms with Crippen LogP contribution < -0.4 is 10.1 Å². The summed E-state index contributed by atoms with van der Waals surface area (Å²) in [6.07, 6.45) is 0.485. The molecule has 0 bridgehead atoms. The number of rotatable bonds is 6. The molecule has 0 radical (unpaired) electrons. The standard InChI is InChI=1S/C26H28N2O3/c1-19-16-28(17-20(2)30-19)18-21-12-14-22(15-13-21)26(29)27-24-10-6-7-11-25(24)31-23-8-4-3-5-9-23/h3-15,19-20H,16-18H2,1-2H3,(H,27,29). The molecule has 1 aliphatic heterocycles. The van der Waals surface area contributed by atoms with Gasteiger partial charge in [0.25, 0.3) is 5.91 Å². The average molecular weight is 417 g/mol. The number of hydrogen-bond donors (Lipinski definition) is 1. The van der Waals surface area contributed by atoms with Crippen molar-refractivity contribution in [2.24, 2.45) is 0 Å². The van der Waals surface area contributed by atoms with E-state index in [0.29, 0.717) is 17.0 Å². The van der Waals surface area contributed by atoms with E-state index in [-0.39, 0.29) is 18.1 Å². The quantitative estimate of drug-likeness (QED) is 0.589. The first-order valence-electron chi connectivity index (χ1n) is 10.7. The van der Waals surface area contributed by atoms with E-state index in [1.165, 1.54) is 5.56 Å². The lowest BCUT2D eigenvalue weighted by Gasteiger charge is -2.35. The summed E-state index contributed by atoms with van der Waals surface area (Å²) in [4.78, 5) is 15.2. The number of carbonyl (C=O) groups is 1. The van der Waals surface area contributed by atoms with Gasteiger partial charge in [0.15, 0.2) is 5.75 Å². The molecule has 0 spiro atoms. The lowest BCUT2D eigenvalue weighted by molar-refractivity contribution is -0.0704. The fourth-order valence-corrected chi connectivity index (χ4v) is 3.90. The maximum Gasteiger partial charge on any atom is 0.255 e. The zero-order chi connectivity index (χ0) is 21.6. The molecule has 0 saturated carbocycles. The molecule has 2 unspecified atom stereocenters. The van der Waals surface area contributed by atoms with Crippen LogP contribution in [0.4, 0.5) is 5.69 Å². The summed E-state index contributed by atoms with van der Waals surface area (Å²) in [6.45, 7) is 6.91. The number of carbonyl (C=O) groups excluding carboxylic acids is 1. The fraction of sp³-hybridized carbons (Fsp3) is 0.269. The molecule has 0 aromatic heterocycles. The van der Waals surface area contributed by atoms with Crippen LogP contribution in [-0.4, -0.2) is 36.1 Å². The highest BCUT2D eigenvalue weighted by molar-refractivity contribution is 6.05. The molecule has 1 N–H and O–H groups in total. The molecule has 1 fully saturated rings. The average Bonchev–Trinajstić information content (AvgIpc) is 2.75. The van der Waals surface area contributed by atoms with Crippen molar-refractivity contribution in [3.8, 4) is 11.5 Å². The first kappa shape index (κ1) is 21.1. The third-order valence-corrected chi connectivity index (χ3v) is 5.22. The van der Waals surface area contributed by atoms with Gasteiger partial charge in [0.05, 0.1) is 17.9 Å². The Morgan fingerprint density at radius 2 is 1.58 bits per heavy atom. The van der Waals surface area contributed by atoms with Gasteiger partial charge in [0, 0.05) is 25.2 Å². The SMILES string of the molecule is CC1CN(Cc2ccc(C(=O)Nc3ccccc3Oc3ccccc3)cc2)CC(C)O1. The number of morpholine rings is 1. The van der Waals surface area contributed by atoms with Gasteiger partial charge in [-0.2, -0.15) is 0 Å². The first-order valence-corrected chi connectivity index (χ1v) is 10.7. The van der Waals surface area contributed by atoms with E-state index in [4.69, 9.17) is 9.47 Å². The van der Waals surface area contributed by atoms with Crippen LogP contribution in [0.3, 0.4) is 0 Å². The second-order valence-electron chi connectivity index (χ2n) is 8.01. The Hall–Kier alpha value is -3.15. The number of nitrogens with zero attached hydrogens (tertiary/aromatic N) is 1. The summed E-state index contributed by atoms with van der Waals surface area (Å²) in [6, 6.07) is 24.8. The number of nitrogens with one attached hydrogen (secondary N) is 1. The van der Waals surface area contributed by atoms with Gasteiger partial charge in [-0.1, -0.05) is 42.5 Å². The van der Waals surface area contributed by atoms with Gasteiger partial charge in [0.2, 0.25) is 0 Å². The van der Waals surface area contributed by atoms with Gasteiger partial charge in [-0.25, -0.2) is 0 Å². The highest BCUT2D eigenvalue weighted by Gasteiger charge is 2.22. The summed E-state index contributed by atoms with van der Waals surface area (Å²) in [7, 11) is 0. The second kappa shape index (κ2) is 9.77. The fourth-order valence-electron chi connectivity index (χ4n) is 3.90. The number of amides is 1. The van der Waals surface area contributed by atoms with Gasteiger partial charge in [-0.15, -0.1) is 0 Å². The minimum Gasteiger partial charge on any atom is -0.455 e. The summed E-state index contributed by atoms with van der Waals surface area (Å²) in [5.74, 6) is 1.17. The van der Waals surface area contributed by atoms with Crippen LogP contribution >= 0.6 is 0 Å². The first-order chi connectivity index (χ1) is 15.1. The molecule has 0 aliphatic carbocycles. The third kappa shape index (κ3) is 5.72. The molecule has 3 aromatic rings. The highest BCUT2D eigenvalue weighted by Crippen LogP contribution is 2.29. The minimum absolute atomic E-state index is 0.163. The molecule has 2 atom stereocenters. The molecule has 4 rings (SSSR count). The van der Waals surface area contributed by atoms with Gasteiger partial charge in [-0.05, 0) is 55.8 Å². The molecule has 160 valence electrons. The minimum atomic E-state index is -0.163. The Morgan fingerprint density at radius 1 is 0.935 bits per heavy atom. The number of benzene rings is 3. The molecule has 3 aromatic carbocycles.